The highest BCUT2D eigenvalue weighted by atomic mass is 79.9. The number of aliphatic hydroxyl groups excluding tert-OH is 1. The lowest BCUT2D eigenvalue weighted by Gasteiger charge is -2.35. The van der Waals surface area contributed by atoms with E-state index in [9.17, 15) is 9.90 Å². The molecule has 3 N–H and O–H groups in total. The van der Waals surface area contributed by atoms with Crippen molar-refractivity contribution in [1.29, 1.82) is 0 Å². The van der Waals surface area contributed by atoms with Gasteiger partial charge in [-0.2, -0.15) is 0 Å². The molecule has 226 valence electrons. The van der Waals surface area contributed by atoms with Gasteiger partial charge in [-0.25, -0.2) is 4.99 Å². The van der Waals surface area contributed by atoms with Crippen LogP contribution in [0.4, 0.5) is 0 Å². The average Bonchev–Trinajstić information content (AvgIpc) is 3.42. The van der Waals surface area contributed by atoms with E-state index in [1.54, 1.807) is 0 Å². The molecule has 0 spiro atoms. The molecule has 0 aromatic heterocycles. The summed E-state index contributed by atoms with van der Waals surface area (Å²) in [5, 5.41) is 23.3. The molecule has 0 saturated heterocycles. The molecule has 1 aliphatic heterocycles. The molecule has 2 atom stereocenters. The number of rotatable bonds is 12. The number of carbonyl (C=O) groups excluding carboxylic acids is 1. The highest BCUT2D eigenvalue weighted by Crippen LogP contribution is 2.45. The first-order valence-corrected chi connectivity index (χ1v) is 15.8. The summed E-state index contributed by atoms with van der Waals surface area (Å²) in [4.78, 5) is 19.4. The lowest BCUT2D eigenvalue weighted by molar-refractivity contribution is -0.130. The molecule has 43 heavy (non-hydrogen) atoms. The molecule has 8 heteroatoms. The summed E-state index contributed by atoms with van der Waals surface area (Å²) < 4.78 is 13.1. The third kappa shape index (κ3) is 7.55. The number of halogens is 1. The van der Waals surface area contributed by atoms with Crippen molar-refractivity contribution in [3.8, 4) is 5.75 Å². The summed E-state index contributed by atoms with van der Waals surface area (Å²) in [7, 11) is 0. The zero-order valence-electron chi connectivity index (χ0n) is 24.3. The van der Waals surface area contributed by atoms with Gasteiger partial charge in [0.05, 0.1) is 12.2 Å². The molecule has 2 aliphatic rings. The Morgan fingerprint density at radius 3 is 2.47 bits per heavy atom. The summed E-state index contributed by atoms with van der Waals surface area (Å²) in [5.74, 6) is 0.750. The maximum Gasteiger partial charge on any atom is 0.252 e. The number of hydrogen-bond acceptors (Lipinski definition) is 6. The zero-order chi connectivity index (χ0) is 30.1. The summed E-state index contributed by atoms with van der Waals surface area (Å²) >= 11 is 3.68. The average molecular weight is 648 g/mol. The molecular formula is C35H39BrN2O5. The highest BCUT2D eigenvalue weighted by Gasteiger charge is 2.53. The van der Waals surface area contributed by atoms with Crippen molar-refractivity contribution in [1.82, 2.24) is 5.32 Å². The van der Waals surface area contributed by atoms with Crippen LogP contribution in [0.3, 0.4) is 0 Å². The van der Waals surface area contributed by atoms with Crippen molar-refractivity contribution in [2.24, 2.45) is 4.99 Å². The zero-order valence-corrected chi connectivity index (χ0v) is 25.8. The summed E-state index contributed by atoms with van der Waals surface area (Å²) in [6.07, 6.45) is 8.40. The number of nitrogens with one attached hydrogen (secondary N) is 1. The number of ether oxygens (including phenoxy) is 2. The lowest BCUT2D eigenvalue weighted by Crippen LogP contribution is -2.53. The van der Waals surface area contributed by atoms with E-state index in [0.29, 0.717) is 37.5 Å². The first kappa shape index (κ1) is 31.0. The van der Waals surface area contributed by atoms with Crippen molar-refractivity contribution in [3.63, 3.8) is 0 Å². The molecule has 1 saturated carbocycles. The molecule has 1 amide bonds. The Bertz CT molecular complexity index is 1420. The van der Waals surface area contributed by atoms with Crippen LogP contribution in [0.2, 0.25) is 0 Å². The minimum Gasteiger partial charge on any atom is -0.494 e. The third-order valence-electron chi connectivity index (χ3n) is 8.12. The smallest absolute Gasteiger partial charge is 0.252 e. The van der Waals surface area contributed by atoms with Crippen LogP contribution in [-0.2, 0) is 9.53 Å². The van der Waals surface area contributed by atoms with Crippen molar-refractivity contribution in [3.05, 3.63) is 106 Å². The number of hydrogen-bond donors (Lipinski definition) is 3. The minimum absolute atomic E-state index is 0.0689. The van der Waals surface area contributed by atoms with Crippen molar-refractivity contribution in [2.75, 3.05) is 19.8 Å². The van der Waals surface area contributed by atoms with Gasteiger partial charge in [0.2, 0.25) is 5.90 Å². The molecule has 0 radical (unpaired) electrons. The van der Waals surface area contributed by atoms with Gasteiger partial charge in [0.25, 0.3) is 5.91 Å². The van der Waals surface area contributed by atoms with Gasteiger partial charge < -0.3 is 25.0 Å². The van der Waals surface area contributed by atoms with Crippen LogP contribution < -0.4 is 10.1 Å². The second-order valence-electron chi connectivity index (χ2n) is 11.3. The quantitative estimate of drug-likeness (QED) is 0.198. The van der Waals surface area contributed by atoms with Gasteiger partial charge in [-0.15, -0.1) is 0 Å². The van der Waals surface area contributed by atoms with Gasteiger partial charge in [-0.05, 0) is 48.7 Å². The number of aliphatic imine (C=N–C) groups is 1. The fourth-order valence-corrected chi connectivity index (χ4v) is 6.20. The predicted molar refractivity (Wildman–Crippen MR) is 172 cm³/mol. The SMILES string of the molecule is O=C(NCC1(O)CCCCC1)[C@]1(C/C=C/c2ccccc2)N=C(c2ccc(OCCCO)cc2)O[C@@H]1c1ccccc1Br. The van der Waals surface area contributed by atoms with E-state index < -0.39 is 17.2 Å². The molecule has 1 heterocycles. The maximum atomic E-state index is 14.4. The fraction of sp³-hybridized carbons (Fsp3) is 0.371. The summed E-state index contributed by atoms with van der Waals surface area (Å²) in [6.45, 7) is 0.656. The van der Waals surface area contributed by atoms with Crippen LogP contribution in [0, 0.1) is 0 Å². The fourth-order valence-electron chi connectivity index (χ4n) is 5.70. The molecule has 5 rings (SSSR count). The van der Waals surface area contributed by atoms with Crippen LogP contribution in [0.5, 0.6) is 5.75 Å². The Hall–Kier alpha value is -3.46. The lowest BCUT2D eigenvalue weighted by atomic mass is 9.82. The molecule has 7 nitrogen and oxygen atoms in total. The van der Waals surface area contributed by atoms with Gasteiger partial charge in [0.15, 0.2) is 11.6 Å². The topological polar surface area (TPSA) is 100 Å². The van der Waals surface area contributed by atoms with Crippen LogP contribution in [-0.4, -0.2) is 52.9 Å². The largest absolute Gasteiger partial charge is 0.494 e. The molecule has 0 unspecified atom stereocenters. The van der Waals surface area contributed by atoms with Gasteiger partial charge in [-0.3, -0.25) is 4.79 Å². The third-order valence-corrected chi connectivity index (χ3v) is 8.84. The normalized spacial score (nSPS) is 21.3. The van der Waals surface area contributed by atoms with Crippen molar-refractivity contribution < 1.29 is 24.5 Å². The monoisotopic (exact) mass is 646 g/mol. The summed E-state index contributed by atoms with van der Waals surface area (Å²) in [5.41, 5.74) is 0.303. The Morgan fingerprint density at radius 1 is 1.02 bits per heavy atom. The second kappa shape index (κ2) is 14.3. The maximum absolute atomic E-state index is 14.4. The number of aliphatic hydroxyl groups is 2. The molecule has 1 aliphatic carbocycles. The number of benzene rings is 3. The van der Waals surface area contributed by atoms with Gasteiger partial charge in [-0.1, -0.05) is 95.9 Å². The van der Waals surface area contributed by atoms with Crippen LogP contribution in [0.25, 0.3) is 6.08 Å². The van der Waals surface area contributed by atoms with Crippen LogP contribution in [0.1, 0.15) is 67.7 Å². The highest BCUT2D eigenvalue weighted by molar-refractivity contribution is 9.10. The van der Waals surface area contributed by atoms with E-state index in [-0.39, 0.29) is 25.5 Å². The van der Waals surface area contributed by atoms with E-state index in [1.165, 1.54) is 0 Å². The first-order chi connectivity index (χ1) is 20.9. The Morgan fingerprint density at radius 2 is 1.74 bits per heavy atom. The van der Waals surface area contributed by atoms with Crippen LogP contribution >= 0.6 is 15.9 Å². The first-order valence-electron chi connectivity index (χ1n) is 15.0. The van der Waals surface area contributed by atoms with E-state index in [0.717, 1.165) is 40.4 Å². The van der Waals surface area contributed by atoms with Gasteiger partial charge in [0.1, 0.15) is 5.75 Å². The number of carbonyl (C=O) groups is 1. The van der Waals surface area contributed by atoms with E-state index in [4.69, 9.17) is 19.6 Å². The van der Waals surface area contributed by atoms with Crippen molar-refractivity contribution >= 4 is 33.8 Å². The Balaban J connectivity index is 1.51. The van der Waals surface area contributed by atoms with E-state index >= 15 is 0 Å². The molecule has 3 aromatic carbocycles. The van der Waals surface area contributed by atoms with E-state index in [1.807, 2.05) is 91.0 Å². The van der Waals surface area contributed by atoms with Gasteiger partial charge >= 0.3 is 0 Å². The molecule has 3 aromatic rings. The molecule has 1 fully saturated rings. The van der Waals surface area contributed by atoms with Crippen molar-refractivity contribution in [2.45, 2.75) is 62.2 Å². The van der Waals surface area contributed by atoms with Gasteiger partial charge in [0, 0.05) is 41.6 Å². The standard InChI is InChI=1S/C35H39BrN2O5/c36-30-15-6-5-14-29(30)31-35(22-9-13-26-11-3-1-4-12-26,33(40)37-25-34(41)20-7-2-8-21-34)38-32(43-31)27-16-18-28(19-17-27)42-24-10-23-39/h1,3-6,9,11-19,31,39,41H,2,7-8,10,20-25H2,(H,37,40)/b13-9+/t31-,35-/m1/s1. The number of amides is 1. The summed E-state index contributed by atoms with van der Waals surface area (Å²) in [6, 6.07) is 25.1. The molecule has 0 bridgehead atoms. The second-order valence-corrected chi connectivity index (χ2v) is 12.1. The predicted octanol–water partition coefficient (Wildman–Crippen LogP) is 6.38. The Labute approximate surface area is 261 Å². The van der Waals surface area contributed by atoms with E-state index in [2.05, 4.69) is 21.2 Å². The molecular weight excluding hydrogens is 608 g/mol. The Kier molecular flexibility index (Phi) is 10.3. The number of nitrogens with zero attached hydrogens (tertiary/aromatic N) is 1. The minimum atomic E-state index is -1.33. The van der Waals surface area contributed by atoms with Crippen LogP contribution in [0.15, 0.2) is 94.4 Å².